The molecular weight excluding hydrogens is 692 g/mol. The number of aryl methyl sites for hydroxylation is 2. The van der Waals surface area contributed by atoms with E-state index in [0.29, 0.717) is 0 Å². The second kappa shape index (κ2) is 20.5. The Morgan fingerprint density at radius 3 is 1.12 bits per heavy atom. The minimum absolute atomic E-state index is 0. The molecule has 4 rings (SSSR count). The number of benzene rings is 4. The fraction of sp³-hybridized carbons (Fsp3) is 0.143. The molecule has 0 aliphatic rings. The van der Waals surface area contributed by atoms with Gasteiger partial charge < -0.3 is 0 Å². The summed E-state index contributed by atoms with van der Waals surface area (Å²) < 4.78 is 0. The third-order valence-corrected chi connectivity index (χ3v) is 4.41. The van der Waals surface area contributed by atoms with Crippen LogP contribution in [0.15, 0.2) is 84.9 Å². The van der Waals surface area contributed by atoms with Gasteiger partial charge in [0, 0.05) is 131 Å². The van der Waals surface area contributed by atoms with E-state index in [1.807, 2.05) is 36.4 Å². The molecule has 0 aliphatic carbocycles. The molecule has 0 saturated heterocycles. The molecule has 0 unspecified atom stereocenters. The van der Waals surface area contributed by atoms with Crippen molar-refractivity contribution in [3.8, 4) is 0 Å². The summed E-state index contributed by atoms with van der Waals surface area (Å²) in [7, 11) is 0. The zero-order valence-corrected chi connectivity index (χ0v) is 30.2. The van der Waals surface area contributed by atoms with Crippen LogP contribution in [-0.2, 0) is 144 Å². The average molecular weight is 716 g/mol. The van der Waals surface area contributed by atoms with E-state index in [0.717, 1.165) is 12.8 Å². The van der Waals surface area contributed by atoms with Crippen molar-refractivity contribution in [2.75, 3.05) is 0 Å². The minimum Gasteiger partial charge on any atom is -0.184 e. The van der Waals surface area contributed by atoms with Crippen LogP contribution in [0.25, 0.3) is 0 Å². The fourth-order valence-electron chi connectivity index (χ4n) is 3.07. The summed E-state index contributed by atoms with van der Waals surface area (Å²) in [5, 5.41) is 0. The molecule has 4 radical (unpaired) electrons. The second-order valence-electron chi connectivity index (χ2n) is 6.93. The average Bonchev–Trinajstić information content (AvgIpc) is 2.70. The summed E-state index contributed by atoms with van der Waals surface area (Å²) in [6, 6.07) is 41.1. The quantitative estimate of drug-likeness (QED) is 0.216. The molecule has 0 amide bonds. The number of rotatable bonds is 4. The van der Waals surface area contributed by atoms with Gasteiger partial charge in [-0.1, -0.05) is 13.8 Å². The molecule has 0 heterocycles. The van der Waals surface area contributed by atoms with Crippen molar-refractivity contribution in [1.29, 1.82) is 0 Å². The molecule has 4 aromatic carbocycles. The number of hydrogen-bond donors (Lipinski definition) is 0. The first-order chi connectivity index (χ1) is 13.7. The molecule has 4 heteroatoms. The van der Waals surface area contributed by atoms with Gasteiger partial charge in [-0.25, -0.2) is 0 Å². The Hall–Kier alpha value is 1.30. The van der Waals surface area contributed by atoms with E-state index in [-0.39, 0.29) is 131 Å². The van der Waals surface area contributed by atoms with Crippen LogP contribution in [0, 0.1) is 38.1 Å². The van der Waals surface area contributed by atoms with Crippen molar-refractivity contribution in [3.63, 3.8) is 0 Å². The SMILES string of the molecule is Cc1[c-]ccc(Cc2cc[c-]c(C)c2)c1.[Y].[Y].[Y].[Y].[c-]1ccc(Cc2cc[c-]cc2)cc1. The van der Waals surface area contributed by atoms with E-state index in [1.165, 1.54) is 33.4 Å². The van der Waals surface area contributed by atoms with Gasteiger partial charge in [-0.05, 0) is 12.8 Å². The van der Waals surface area contributed by atoms with Gasteiger partial charge in [-0.15, -0.1) is 0 Å². The molecule has 32 heavy (non-hydrogen) atoms. The van der Waals surface area contributed by atoms with E-state index in [1.54, 1.807) is 0 Å². The Morgan fingerprint density at radius 1 is 0.469 bits per heavy atom. The Bertz CT molecular complexity index is 905. The van der Waals surface area contributed by atoms with Gasteiger partial charge in [-0.3, -0.25) is 0 Å². The summed E-state index contributed by atoms with van der Waals surface area (Å²) in [6.07, 6.45) is 1.98. The monoisotopic (exact) mass is 716 g/mol. The molecule has 0 saturated carbocycles. The molecular formula is C28H24Y4-4. The smallest absolute Gasteiger partial charge is 0 e. The maximum atomic E-state index is 3.16. The van der Waals surface area contributed by atoms with Crippen LogP contribution in [0.5, 0.6) is 0 Å². The van der Waals surface area contributed by atoms with Gasteiger partial charge in [0.15, 0.2) is 0 Å². The van der Waals surface area contributed by atoms with Crippen molar-refractivity contribution in [2.45, 2.75) is 26.7 Å². The Labute approximate surface area is 295 Å². The van der Waals surface area contributed by atoms with Crippen molar-refractivity contribution >= 4 is 0 Å². The predicted octanol–water partition coefficient (Wildman–Crippen LogP) is 6.36. The predicted molar refractivity (Wildman–Crippen MR) is 116 cm³/mol. The normalized spacial score (nSPS) is 8.81. The molecule has 0 N–H and O–H groups in total. The summed E-state index contributed by atoms with van der Waals surface area (Å²) in [4.78, 5) is 0. The molecule has 0 aliphatic heterocycles. The maximum Gasteiger partial charge on any atom is 0 e. The van der Waals surface area contributed by atoms with Crippen LogP contribution in [0.3, 0.4) is 0 Å². The Morgan fingerprint density at radius 2 is 0.781 bits per heavy atom. The van der Waals surface area contributed by atoms with Crippen LogP contribution in [0.2, 0.25) is 0 Å². The van der Waals surface area contributed by atoms with E-state index in [9.17, 15) is 0 Å². The van der Waals surface area contributed by atoms with Gasteiger partial charge in [0.25, 0.3) is 0 Å². The van der Waals surface area contributed by atoms with Gasteiger partial charge >= 0.3 is 0 Å². The third kappa shape index (κ3) is 14.0. The van der Waals surface area contributed by atoms with E-state index in [4.69, 9.17) is 0 Å². The summed E-state index contributed by atoms with van der Waals surface area (Å²) in [5.74, 6) is 0. The molecule has 0 fully saturated rings. The van der Waals surface area contributed by atoms with E-state index >= 15 is 0 Å². The first-order valence-corrected chi connectivity index (χ1v) is 9.53. The molecule has 0 spiro atoms. The van der Waals surface area contributed by atoms with Gasteiger partial charge in [0.05, 0.1) is 0 Å². The molecule has 0 bridgehead atoms. The van der Waals surface area contributed by atoms with Crippen LogP contribution in [0.4, 0.5) is 0 Å². The van der Waals surface area contributed by atoms with Gasteiger partial charge in [0.2, 0.25) is 0 Å². The molecule has 4 aromatic rings. The Kier molecular flexibility index (Phi) is 22.7. The largest absolute Gasteiger partial charge is 0.184 e. The van der Waals surface area contributed by atoms with Crippen LogP contribution in [-0.4, -0.2) is 0 Å². The van der Waals surface area contributed by atoms with Gasteiger partial charge in [0.1, 0.15) is 0 Å². The molecule has 0 aromatic heterocycles. The molecule has 152 valence electrons. The minimum atomic E-state index is 0. The maximum absolute atomic E-state index is 3.16. The summed E-state index contributed by atoms with van der Waals surface area (Å²) in [6.45, 7) is 4.15. The van der Waals surface area contributed by atoms with Crippen LogP contribution >= 0.6 is 0 Å². The first kappa shape index (κ1) is 35.5. The zero-order valence-electron chi connectivity index (χ0n) is 18.8. The summed E-state index contributed by atoms with van der Waals surface area (Å²) in [5.41, 5.74) is 7.74. The fourth-order valence-corrected chi connectivity index (χ4v) is 3.07. The van der Waals surface area contributed by atoms with Gasteiger partial charge in [-0.2, -0.15) is 143 Å². The second-order valence-corrected chi connectivity index (χ2v) is 6.93. The van der Waals surface area contributed by atoms with Crippen LogP contribution < -0.4 is 0 Å². The first-order valence-electron chi connectivity index (χ1n) is 9.53. The van der Waals surface area contributed by atoms with Crippen molar-refractivity contribution in [1.82, 2.24) is 0 Å². The summed E-state index contributed by atoms with van der Waals surface area (Å²) >= 11 is 0. The number of hydrogen-bond acceptors (Lipinski definition) is 0. The topological polar surface area (TPSA) is 0 Å². The van der Waals surface area contributed by atoms with E-state index in [2.05, 4.69) is 86.6 Å². The third-order valence-electron chi connectivity index (χ3n) is 4.41. The van der Waals surface area contributed by atoms with Crippen molar-refractivity contribution in [2.24, 2.45) is 0 Å². The Balaban J connectivity index is 0. The van der Waals surface area contributed by atoms with Crippen LogP contribution in [0.1, 0.15) is 33.4 Å². The molecule has 0 atom stereocenters. The zero-order chi connectivity index (χ0) is 19.6. The van der Waals surface area contributed by atoms with Crippen molar-refractivity contribution in [3.05, 3.63) is 143 Å². The molecule has 0 nitrogen and oxygen atoms in total. The van der Waals surface area contributed by atoms with Crippen molar-refractivity contribution < 1.29 is 131 Å². The standard InChI is InChI=1S/C15H14.C13H10.4Y/c1-12-5-3-7-14(9-12)11-15-8-4-6-13(2)10-15;1-3-7-12(8-4-1)11-13-9-5-2-6-10-13;;;;/h3-4,7-10H,11H2,1-2H3;3-10H,11H2;;;;/q2*-2;;;;. The van der Waals surface area contributed by atoms with E-state index < -0.39 is 0 Å².